The number of carbonyl (C=O) groups is 2. The molecule has 17 heteroatoms. The first-order valence-corrected chi connectivity index (χ1v) is 21.3. The molecule has 5 aromatic rings. The average Bonchev–Trinajstić information content (AvgIpc) is 3.57. The summed E-state index contributed by atoms with van der Waals surface area (Å²) >= 11 is 0. The number of benzene rings is 1. The summed E-state index contributed by atoms with van der Waals surface area (Å²) in [5.41, 5.74) is 0.744. The molecule has 1 aromatic carbocycles. The second kappa shape index (κ2) is 19.1. The van der Waals surface area contributed by atoms with Crippen LogP contribution in [0.5, 0.6) is 5.88 Å². The van der Waals surface area contributed by atoms with Gasteiger partial charge in [-0.25, -0.2) is 9.97 Å². The topological polar surface area (TPSA) is 198 Å². The quantitative estimate of drug-likeness (QED) is 0.168. The van der Waals surface area contributed by atoms with Crippen LogP contribution in [-0.4, -0.2) is 113 Å². The van der Waals surface area contributed by atoms with Crippen LogP contribution in [0, 0.1) is 0 Å². The summed E-state index contributed by atoms with van der Waals surface area (Å²) in [4.78, 5) is 50.0. The number of hydrogen-bond donors (Lipinski definition) is 1. The molecule has 322 valence electrons. The van der Waals surface area contributed by atoms with E-state index in [0.29, 0.717) is 79.3 Å². The van der Waals surface area contributed by atoms with Crippen molar-refractivity contribution < 1.29 is 23.3 Å². The summed E-state index contributed by atoms with van der Waals surface area (Å²) in [6.07, 6.45) is 6.79. The van der Waals surface area contributed by atoms with Crippen molar-refractivity contribution in [2.75, 3.05) is 50.8 Å². The lowest BCUT2D eigenvalue weighted by molar-refractivity contribution is 0.0702. The van der Waals surface area contributed by atoms with Gasteiger partial charge in [0.05, 0.1) is 17.7 Å². The molecule has 8 rings (SSSR count). The van der Waals surface area contributed by atoms with Gasteiger partial charge in [-0.3, -0.25) is 14.7 Å². The van der Waals surface area contributed by atoms with Crippen LogP contribution in [0.15, 0.2) is 45.5 Å². The molecule has 1 N–H and O–H groups in total. The largest absolute Gasteiger partial charge is 0.478 e. The lowest BCUT2D eigenvalue weighted by Crippen LogP contribution is -2.39. The molecular weight excluding hydrogens is 765 g/mol. The highest BCUT2D eigenvalue weighted by atomic mass is 16.5. The van der Waals surface area contributed by atoms with E-state index in [0.717, 1.165) is 44.0 Å². The SMILES string of the molecule is CC.CC(C)(C)c1noc(-c2ccccc2C(=O)N2CCCC(c3n[nH]c(C4CC4)n3)C2)n1.CCOc1ccnc(N2CCCN(C(=O)c3nnc(C(C)(C)C)o3)CC2)n1. The predicted octanol–water partition coefficient (Wildman–Crippen LogP) is 6.98. The number of piperidine rings is 1. The van der Waals surface area contributed by atoms with Gasteiger partial charge >= 0.3 is 11.8 Å². The van der Waals surface area contributed by atoms with Gasteiger partial charge in [-0.15, -0.1) is 10.2 Å². The maximum Gasteiger partial charge on any atom is 0.311 e. The minimum atomic E-state index is -0.288. The fourth-order valence-corrected chi connectivity index (χ4v) is 6.83. The fraction of sp³-hybridized carbons (Fsp3) is 0.581. The molecule has 1 unspecified atom stereocenters. The highest BCUT2D eigenvalue weighted by molar-refractivity contribution is 6.00. The zero-order chi connectivity index (χ0) is 43.0. The van der Waals surface area contributed by atoms with Crippen LogP contribution in [0.1, 0.15) is 151 Å². The van der Waals surface area contributed by atoms with Crippen LogP contribution in [0.2, 0.25) is 0 Å². The molecule has 1 atom stereocenters. The maximum atomic E-state index is 13.5. The van der Waals surface area contributed by atoms with Crippen molar-refractivity contribution in [2.24, 2.45) is 0 Å². The number of ether oxygens (including phenoxy) is 1. The van der Waals surface area contributed by atoms with E-state index in [9.17, 15) is 9.59 Å². The molecule has 1 aliphatic carbocycles. The van der Waals surface area contributed by atoms with Crippen LogP contribution >= 0.6 is 0 Å². The van der Waals surface area contributed by atoms with Crippen LogP contribution in [-0.2, 0) is 10.8 Å². The third-order valence-electron chi connectivity index (χ3n) is 10.3. The van der Waals surface area contributed by atoms with Crippen molar-refractivity contribution in [3.63, 3.8) is 0 Å². The highest BCUT2D eigenvalue weighted by Gasteiger charge is 2.33. The van der Waals surface area contributed by atoms with Crippen LogP contribution in [0.4, 0.5) is 5.95 Å². The Morgan fingerprint density at radius 1 is 0.833 bits per heavy atom. The van der Waals surface area contributed by atoms with E-state index >= 15 is 0 Å². The number of aromatic nitrogens is 9. The predicted molar refractivity (Wildman–Crippen MR) is 225 cm³/mol. The van der Waals surface area contributed by atoms with Crippen LogP contribution in [0.25, 0.3) is 11.5 Å². The normalized spacial score (nSPS) is 17.2. The average molecular weight is 825 g/mol. The summed E-state index contributed by atoms with van der Waals surface area (Å²) in [5, 5.41) is 19.6. The summed E-state index contributed by atoms with van der Waals surface area (Å²) in [7, 11) is 0. The standard InChI is InChI=1S/C23H28N6O2.C18H26N6O3.C2H6/c1-23(2,3)22-25-20(31-28-22)16-8-4-5-9-17(16)21(30)29-12-6-7-15(13-29)19-24-18(26-27-19)14-10-11-14;1-5-26-13-7-8-19-17(20-13)24-10-6-9-23(11-12-24)15(25)14-21-22-16(27-14)18(2,3)4;1-2/h4-5,8-9,14-15H,6-7,10-13H2,1-3H3,(H,24,26,27);7-8H,5-6,9-12H2,1-4H3;1-2H3. The lowest BCUT2D eigenvalue weighted by Gasteiger charge is -2.31. The van der Waals surface area contributed by atoms with E-state index in [4.69, 9.17) is 18.7 Å². The number of anilines is 1. The third kappa shape index (κ3) is 10.7. The van der Waals surface area contributed by atoms with E-state index in [-0.39, 0.29) is 34.5 Å². The number of aromatic amines is 1. The van der Waals surface area contributed by atoms with Crippen LogP contribution in [0.3, 0.4) is 0 Å². The van der Waals surface area contributed by atoms with Gasteiger partial charge in [0.1, 0.15) is 5.82 Å². The minimum Gasteiger partial charge on any atom is -0.478 e. The minimum absolute atomic E-state index is 0.0197. The van der Waals surface area contributed by atoms with Gasteiger partial charge in [0, 0.05) is 74.2 Å². The van der Waals surface area contributed by atoms with Gasteiger partial charge < -0.3 is 28.4 Å². The summed E-state index contributed by atoms with van der Waals surface area (Å²) in [6.45, 7) is 22.4. The molecule has 0 spiro atoms. The Kier molecular flexibility index (Phi) is 14.0. The summed E-state index contributed by atoms with van der Waals surface area (Å²) < 4.78 is 16.6. The molecule has 0 radical (unpaired) electrons. The van der Waals surface area contributed by atoms with Crippen molar-refractivity contribution >= 4 is 17.8 Å². The first kappa shape index (κ1) is 43.8. The smallest absolute Gasteiger partial charge is 0.311 e. The molecule has 0 bridgehead atoms. The van der Waals surface area contributed by atoms with Gasteiger partial charge in [-0.1, -0.05) is 72.7 Å². The number of rotatable bonds is 8. The van der Waals surface area contributed by atoms with E-state index < -0.39 is 0 Å². The first-order valence-electron chi connectivity index (χ1n) is 21.3. The van der Waals surface area contributed by atoms with E-state index in [2.05, 4.69) is 45.4 Å². The first-order chi connectivity index (χ1) is 28.8. The van der Waals surface area contributed by atoms with Crippen molar-refractivity contribution in [3.05, 3.63) is 71.3 Å². The number of amides is 2. The molecule has 3 aliphatic rings. The van der Waals surface area contributed by atoms with Crippen molar-refractivity contribution in [3.8, 4) is 17.3 Å². The van der Waals surface area contributed by atoms with Gasteiger partial charge in [-0.2, -0.15) is 15.1 Å². The Balaban J connectivity index is 0.000000195. The Bertz CT molecular complexity index is 2180. The second-order valence-corrected chi connectivity index (χ2v) is 17.1. The molecule has 6 heterocycles. The molecule has 60 heavy (non-hydrogen) atoms. The maximum absolute atomic E-state index is 13.5. The lowest BCUT2D eigenvalue weighted by atomic mass is 9.95. The van der Waals surface area contributed by atoms with Crippen LogP contribution < -0.4 is 9.64 Å². The number of likely N-dealkylation sites (tertiary alicyclic amines) is 1. The number of H-pyrrole nitrogens is 1. The van der Waals surface area contributed by atoms with Crippen molar-refractivity contribution in [1.82, 2.24) is 55.3 Å². The Morgan fingerprint density at radius 2 is 1.60 bits per heavy atom. The van der Waals surface area contributed by atoms with Gasteiger partial charge in [0.2, 0.25) is 17.7 Å². The molecule has 2 aliphatic heterocycles. The fourth-order valence-electron chi connectivity index (χ4n) is 6.83. The Labute approximate surface area is 352 Å². The monoisotopic (exact) mass is 824 g/mol. The number of carbonyl (C=O) groups excluding carboxylic acids is 2. The second-order valence-electron chi connectivity index (χ2n) is 17.1. The molecule has 1 saturated carbocycles. The van der Waals surface area contributed by atoms with Gasteiger partial charge in [0.15, 0.2) is 11.6 Å². The molecule has 3 fully saturated rings. The van der Waals surface area contributed by atoms with Gasteiger partial charge in [-0.05, 0) is 51.2 Å². The Morgan fingerprint density at radius 3 is 2.30 bits per heavy atom. The van der Waals surface area contributed by atoms with E-state index in [1.54, 1.807) is 17.2 Å². The third-order valence-corrected chi connectivity index (χ3v) is 10.3. The van der Waals surface area contributed by atoms with Gasteiger partial charge in [0.25, 0.3) is 11.8 Å². The van der Waals surface area contributed by atoms with E-state index in [1.807, 2.05) is 91.5 Å². The van der Waals surface area contributed by atoms with Crippen molar-refractivity contribution in [2.45, 2.75) is 117 Å². The highest BCUT2D eigenvalue weighted by Crippen LogP contribution is 2.39. The van der Waals surface area contributed by atoms with E-state index in [1.165, 1.54) is 12.8 Å². The zero-order valence-corrected chi connectivity index (χ0v) is 36.6. The summed E-state index contributed by atoms with van der Waals surface area (Å²) in [5.74, 6) is 4.96. The number of hydrogen-bond acceptors (Lipinski definition) is 14. The molecule has 17 nitrogen and oxygen atoms in total. The number of nitrogens with one attached hydrogen (secondary N) is 1. The molecule has 2 saturated heterocycles. The zero-order valence-electron chi connectivity index (χ0n) is 36.6. The summed E-state index contributed by atoms with van der Waals surface area (Å²) in [6, 6.07) is 9.20. The molecular formula is C43H60N12O5. The molecule has 2 amide bonds. The Hall–Kier alpha value is -5.74. The molecule has 4 aromatic heterocycles. The number of nitrogens with zero attached hydrogens (tertiary/aromatic N) is 11. The van der Waals surface area contributed by atoms with Crippen molar-refractivity contribution in [1.29, 1.82) is 0 Å².